The Labute approximate surface area is 112 Å². The van der Waals surface area contributed by atoms with Crippen molar-refractivity contribution in [2.75, 3.05) is 33.7 Å². The van der Waals surface area contributed by atoms with Crippen LogP contribution in [0.5, 0.6) is 17.2 Å². The van der Waals surface area contributed by atoms with Gasteiger partial charge in [0, 0.05) is 29.2 Å². The van der Waals surface area contributed by atoms with E-state index in [-0.39, 0.29) is 0 Å². The highest BCUT2D eigenvalue weighted by molar-refractivity contribution is 7.98. The number of hydrogen-bond donors (Lipinski definition) is 0. The standard InChI is InChI=1S/C13H18O4S/c1-14-9-4-12(15-2)11(13(5-9)16-3)8-18-7-10-6-17-10/h4-5,10H,6-8H2,1-3H3. The quantitative estimate of drug-likeness (QED) is 0.711. The zero-order chi connectivity index (χ0) is 13.0. The maximum absolute atomic E-state index is 5.40. The Morgan fingerprint density at radius 2 is 1.78 bits per heavy atom. The van der Waals surface area contributed by atoms with Crippen LogP contribution in [0.2, 0.25) is 0 Å². The minimum atomic E-state index is 0.435. The molecule has 1 atom stereocenters. The summed E-state index contributed by atoms with van der Waals surface area (Å²) < 4.78 is 21.2. The van der Waals surface area contributed by atoms with E-state index in [0.717, 1.165) is 40.9 Å². The second-order valence-electron chi connectivity index (χ2n) is 3.98. The Hall–Kier alpha value is -1.07. The summed E-state index contributed by atoms with van der Waals surface area (Å²) >= 11 is 1.82. The summed E-state index contributed by atoms with van der Waals surface area (Å²) in [5, 5.41) is 0. The largest absolute Gasteiger partial charge is 0.496 e. The fourth-order valence-corrected chi connectivity index (χ4v) is 2.74. The molecule has 1 aromatic rings. The molecule has 100 valence electrons. The topological polar surface area (TPSA) is 40.2 Å². The number of rotatable bonds is 7. The van der Waals surface area contributed by atoms with Crippen molar-refractivity contribution in [3.05, 3.63) is 17.7 Å². The molecule has 1 unspecified atom stereocenters. The lowest BCUT2D eigenvalue weighted by Crippen LogP contribution is -1.98. The number of ether oxygens (including phenoxy) is 4. The van der Waals surface area contributed by atoms with Crippen LogP contribution in [0.1, 0.15) is 5.56 Å². The first-order chi connectivity index (χ1) is 8.78. The molecule has 2 rings (SSSR count). The predicted octanol–water partition coefficient (Wildman–Crippen LogP) is 2.34. The van der Waals surface area contributed by atoms with Crippen molar-refractivity contribution in [3.8, 4) is 17.2 Å². The molecular formula is C13H18O4S. The van der Waals surface area contributed by atoms with Crippen LogP contribution in [0, 0.1) is 0 Å². The van der Waals surface area contributed by atoms with Gasteiger partial charge in [-0.05, 0) is 0 Å². The number of thioether (sulfide) groups is 1. The molecule has 1 aliphatic heterocycles. The monoisotopic (exact) mass is 270 g/mol. The number of methoxy groups -OCH3 is 3. The van der Waals surface area contributed by atoms with Crippen molar-refractivity contribution >= 4 is 11.8 Å². The number of benzene rings is 1. The molecule has 0 aromatic heterocycles. The SMILES string of the molecule is COc1cc(OC)c(CSCC2CO2)c(OC)c1. The summed E-state index contributed by atoms with van der Waals surface area (Å²) in [5.41, 5.74) is 1.06. The van der Waals surface area contributed by atoms with Gasteiger partial charge in [-0.25, -0.2) is 0 Å². The fraction of sp³-hybridized carbons (Fsp3) is 0.538. The third-order valence-corrected chi connectivity index (χ3v) is 3.87. The smallest absolute Gasteiger partial charge is 0.130 e. The van der Waals surface area contributed by atoms with Crippen LogP contribution in [0.4, 0.5) is 0 Å². The van der Waals surface area contributed by atoms with Gasteiger partial charge in [-0.1, -0.05) is 0 Å². The molecule has 4 nitrogen and oxygen atoms in total. The molecule has 0 amide bonds. The molecule has 1 fully saturated rings. The van der Waals surface area contributed by atoms with Crippen LogP contribution in [-0.4, -0.2) is 39.8 Å². The minimum absolute atomic E-state index is 0.435. The van der Waals surface area contributed by atoms with Gasteiger partial charge >= 0.3 is 0 Å². The molecule has 0 radical (unpaired) electrons. The molecule has 0 bridgehead atoms. The van der Waals surface area contributed by atoms with Crippen molar-refractivity contribution < 1.29 is 18.9 Å². The van der Waals surface area contributed by atoms with Gasteiger partial charge in [-0.3, -0.25) is 0 Å². The summed E-state index contributed by atoms with van der Waals surface area (Å²) in [4.78, 5) is 0. The summed E-state index contributed by atoms with van der Waals surface area (Å²) in [6, 6.07) is 3.76. The van der Waals surface area contributed by atoms with Gasteiger partial charge in [0.05, 0.1) is 34.0 Å². The molecule has 0 saturated carbocycles. The lowest BCUT2D eigenvalue weighted by Gasteiger charge is -2.14. The van der Waals surface area contributed by atoms with Gasteiger partial charge in [0.15, 0.2) is 0 Å². The third kappa shape index (κ3) is 3.23. The third-order valence-electron chi connectivity index (χ3n) is 2.77. The molecule has 0 N–H and O–H groups in total. The van der Waals surface area contributed by atoms with Gasteiger partial charge in [-0.2, -0.15) is 11.8 Å². The van der Waals surface area contributed by atoms with Crippen LogP contribution in [0.3, 0.4) is 0 Å². The summed E-state index contributed by atoms with van der Waals surface area (Å²) in [6.07, 6.45) is 0.435. The average Bonchev–Trinajstić information content (AvgIpc) is 3.22. The summed E-state index contributed by atoms with van der Waals surface area (Å²) in [6.45, 7) is 0.893. The normalized spacial score (nSPS) is 17.4. The van der Waals surface area contributed by atoms with Crippen LogP contribution in [-0.2, 0) is 10.5 Å². The van der Waals surface area contributed by atoms with Gasteiger partial charge < -0.3 is 18.9 Å². The molecule has 1 heterocycles. The van der Waals surface area contributed by atoms with E-state index in [9.17, 15) is 0 Å². The lowest BCUT2D eigenvalue weighted by molar-refractivity contribution is 0.371. The first kappa shape index (κ1) is 13.4. The van der Waals surface area contributed by atoms with E-state index in [1.807, 2.05) is 23.9 Å². The molecular weight excluding hydrogens is 252 g/mol. The van der Waals surface area contributed by atoms with Gasteiger partial charge in [0.25, 0.3) is 0 Å². The fourth-order valence-electron chi connectivity index (χ4n) is 1.68. The van der Waals surface area contributed by atoms with Crippen LogP contribution in [0.25, 0.3) is 0 Å². The van der Waals surface area contributed by atoms with Crippen molar-refractivity contribution in [1.29, 1.82) is 0 Å². The Bertz CT molecular complexity index is 379. The molecule has 1 aliphatic rings. The Morgan fingerprint density at radius 3 is 2.22 bits per heavy atom. The Kier molecular flexibility index (Phi) is 4.60. The van der Waals surface area contributed by atoms with Gasteiger partial charge in [-0.15, -0.1) is 0 Å². The predicted molar refractivity (Wildman–Crippen MR) is 72.0 cm³/mol. The van der Waals surface area contributed by atoms with Crippen molar-refractivity contribution in [2.24, 2.45) is 0 Å². The molecule has 0 aliphatic carbocycles. The van der Waals surface area contributed by atoms with E-state index in [1.54, 1.807) is 21.3 Å². The molecule has 1 saturated heterocycles. The molecule has 5 heteroatoms. The second-order valence-corrected chi connectivity index (χ2v) is 5.01. The van der Waals surface area contributed by atoms with Crippen LogP contribution in [0.15, 0.2) is 12.1 Å². The van der Waals surface area contributed by atoms with Gasteiger partial charge in [0.1, 0.15) is 17.2 Å². The molecule has 18 heavy (non-hydrogen) atoms. The van der Waals surface area contributed by atoms with Crippen molar-refractivity contribution in [3.63, 3.8) is 0 Å². The molecule has 1 aromatic carbocycles. The van der Waals surface area contributed by atoms with E-state index in [4.69, 9.17) is 18.9 Å². The second kappa shape index (κ2) is 6.20. The van der Waals surface area contributed by atoms with Crippen molar-refractivity contribution in [2.45, 2.75) is 11.9 Å². The van der Waals surface area contributed by atoms with Crippen molar-refractivity contribution in [1.82, 2.24) is 0 Å². The maximum atomic E-state index is 5.40. The number of hydrogen-bond acceptors (Lipinski definition) is 5. The maximum Gasteiger partial charge on any atom is 0.130 e. The van der Waals surface area contributed by atoms with E-state index in [2.05, 4.69) is 0 Å². The highest BCUT2D eigenvalue weighted by atomic mass is 32.2. The minimum Gasteiger partial charge on any atom is -0.496 e. The van der Waals surface area contributed by atoms with E-state index < -0.39 is 0 Å². The first-order valence-electron chi connectivity index (χ1n) is 5.76. The van der Waals surface area contributed by atoms with Crippen LogP contribution < -0.4 is 14.2 Å². The van der Waals surface area contributed by atoms with E-state index in [0.29, 0.717) is 6.10 Å². The van der Waals surface area contributed by atoms with E-state index in [1.165, 1.54) is 0 Å². The highest BCUT2D eigenvalue weighted by Gasteiger charge is 2.22. The van der Waals surface area contributed by atoms with Crippen LogP contribution >= 0.6 is 11.8 Å². The van der Waals surface area contributed by atoms with Gasteiger partial charge in [0.2, 0.25) is 0 Å². The van der Waals surface area contributed by atoms with E-state index >= 15 is 0 Å². The molecule has 0 spiro atoms. The Balaban J connectivity index is 2.12. The zero-order valence-electron chi connectivity index (χ0n) is 10.9. The summed E-state index contributed by atoms with van der Waals surface area (Å²) in [5.74, 6) is 4.20. The Morgan fingerprint density at radius 1 is 1.17 bits per heavy atom. The zero-order valence-corrected chi connectivity index (χ0v) is 11.7. The summed E-state index contributed by atoms with van der Waals surface area (Å²) in [7, 11) is 4.95. The highest BCUT2D eigenvalue weighted by Crippen LogP contribution is 2.36. The average molecular weight is 270 g/mol. The lowest BCUT2D eigenvalue weighted by atomic mass is 10.2. The first-order valence-corrected chi connectivity index (χ1v) is 6.92. The number of epoxide rings is 1.